The van der Waals surface area contributed by atoms with E-state index < -0.39 is 12.0 Å². The molecule has 1 atom stereocenters. The standard InChI is InChI=1S/C16H16N2O3/c1-21-14(11-7-3-2-4-8-11)16(20)18-13-10-6-5-9-12(13)15(17)19/h2-10,14H,1H3,(H2,17,19)(H,18,20)/t14-/m1/s1. The number of anilines is 1. The van der Waals surface area contributed by atoms with E-state index in [-0.39, 0.29) is 11.5 Å². The molecule has 0 aliphatic heterocycles. The summed E-state index contributed by atoms with van der Waals surface area (Å²) in [5.74, 6) is -0.961. The summed E-state index contributed by atoms with van der Waals surface area (Å²) in [6.45, 7) is 0. The van der Waals surface area contributed by atoms with Gasteiger partial charge >= 0.3 is 0 Å². The second kappa shape index (κ2) is 6.67. The van der Waals surface area contributed by atoms with E-state index in [4.69, 9.17) is 10.5 Å². The largest absolute Gasteiger partial charge is 0.367 e. The van der Waals surface area contributed by atoms with E-state index in [1.165, 1.54) is 7.11 Å². The Morgan fingerprint density at radius 2 is 1.67 bits per heavy atom. The van der Waals surface area contributed by atoms with Crippen molar-refractivity contribution in [3.8, 4) is 0 Å². The van der Waals surface area contributed by atoms with Crippen LogP contribution in [0.1, 0.15) is 22.0 Å². The van der Waals surface area contributed by atoms with E-state index in [1.807, 2.05) is 18.2 Å². The van der Waals surface area contributed by atoms with Gasteiger partial charge in [0.05, 0.1) is 11.3 Å². The number of hydrogen-bond acceptors (Lipinski definition) is 3. The number of nitrogens with two attached hydrogens (primary N) is 1. The Morgan fingerprint density at radius 1 is 1.05 bits per heavy atom. The molecule has 21 heavy (non-hydrogen) atoms. The molecule has 2 aromatic rings. The van der Waals surface area contributed by atoms with Crippen LogP contribution in [0.5, 0.6) is 0 Å². The molecule has 3 N–H and O–H groups in total. The maximum Gasteiger partial charge on any atom is 0.258 e. The molecule has 108 valence electrons. The fourth-order valence-electron chi connectivity index (χ4n) is 2.03. The molecule has 0 spiro atoms. The molecule has 0 heterocycles. The Kier molecular flexibility index (Phi) is 4.68. The summed E-state index contributed by atoms with van der Waals surface area (Å²) in [6, 6.07) is 15.7. The second-order valence-corrected chi connectivity index (χ2v) is 4.43. The van der Waals surface area contributed by atoms with Crippen LogP contribution in [-0.2, 0) is 9.53 Å². The molecule has 0 aliphatic carbocycles. The third kappa shape index (κ3) is 3.46. The van der Waals surface area contributed by atoms with Crippen molar-refractivity contribution in [2.24, 2.45) is 5.73 Å². The Bertz CT molecular complexity index is 641. The van der Waals surface area contributed by atoms with Gasteiger partial charge in [0.25, 0.3) is 11.8 Å². The normalized spacial score (nSPS) is 11.7. The number of carbonyl (C=O) groups excluding carboxylic acids is 2. The van der Waals surface area contributed by atoms with Crippen LogP contribution in [0.25, 0.3) is 0 Å². The molecule has 2 rings (SSSR count). The summed E-state index contributed by atoms with van der Waals surface area (Å²) in [5.41, 5.74) is 6.65. The number of rotatable bonds is 5. The lowest BCUT2D eigenvalue weighted by molar-refractivity contribution is -0.126. The van der Waals surface area contributed by atoms with Crippen LogP contribution >= 0.6 is 0 Å². The smallest absolute Gasteiger partial charge is 0.258 e. The van der Waals surface area contributed by atoms with Crippen LogP contribution in [0.3, 0.4) is 0 Å². The van der Waals surface area contributed by atoms with Crippen molar-refractivity contribution in [3.63, 3.8) is 0 Å². The molecule has 0 fully saturated rings. The lowest BCUT2D eigenvalue weighted by atomic mass is 10.1. The summed E-state index contributed by atoms with van der Waals surface area (Å²) >= 11 is 0. The number of nitrogens with one attached hydrogen (secondary N) is 1. The van der Waals surface area contributed by atoms with Gasteiger partial charge in [0.2, 0.25) is 0 Å². The topological polar surface area (TPSA) is 81.4 Å². The van der Waals surface area contributed by atoms with Gasteiger partial charge in [-0.2, -0.15) is 0 Å². The molecule has 0 radical (unpaired) electrons. The quantitative estimate of drug-likeness (QED) is 0.882. The molecule has 0 unspecified atom stereocenters. The fraction of sp³-hybridized carbons (Fsp3) is 0.125. The van der Waals surface area contributed by atoms with Crippen molar-refractivity contribution in [3.05, 3.63) is 65.7 Å². The van der Waals surface area contributed by atoms with Gasteiger partial charge in [-0.1, -0.05) is 42.5 Å². The van der Waals surface area contributed by atoms with Crippen LogP contribution in [0, 0.1) is 0 Å². The van der Waals surface area contributed by atoms with Crippen LogP contribution in [0.15, 0.2) is 54.6 Å². The van der Waals surface area contributed by atoms with Gasteiger partial charge < -0.3 is 15.8 Å². The van der Waals surface area contributed by atoms with Gasteiger partial charge in [-0.25, -0.2) is 0 Å². The minimum atomic E-state index is -0.757. The number of benzene rings is 2. The predicted octanol–water partition coefficient (Wildman–Crippen LogP) is 2.11. The average molecular weight is 284 g/mol. The molecule has 2 amide bonds. The molecule has 5 heteroatoms. The number of carbonyl (C=O) groups is 2. The summed E-state index contributed by atoms with van der Waals surface area (Å²) in [6.07, 6.45) is -0.757. The maximum absolute atomic E-state index is 12.3. The minimum absolute atomic E-state index is 0.258. The zero-order valence-electron chi connectivity index (χ0n) is 11.6. The predicted molar refractivity (Wildman–Crippen MR) is 79.8 cm³/mol. The van der Waals surface area contributed by atoms with Crippen LogP contribution < -0.4 is 11.1 Å². The number of hydrogen-bond donors (Lipinski definition) is 2. The molecule has 0 saturated carbocycles. The summed E-state index contributed by atoms with van der Waals surface area (Å²) in [5, 5.41) is 2.68. The molecule has 0 bridgehead atoms. The third-order valence-electron chi connectivity index (χ3n) is 3.03. The minimum Gasteiger partial charge on any atom is -0.367 e. The number of primary amides is 1. The first-order valence-electron chi connectivity index (χ1n) is 6.41. The van der Waals surface area contributed by atoms with Gasteiger partial charge in [0, 0.05) is 7.11 Å². The molecule has 0 saturated heterocycles. The monoisotopic (exact) mass is 284 g/mol. The molecular weight excluding hydrogens is 268 g/mol. The lowest BCUT2D eigenvalue weighted by Gasteiger charge is -2.16. The lowest BCUT2D eigenvalue weighted by Crippen LogP contribution is -2.24. The first-order chi connectivity index (χ1) is 10.1. The third-order valence-corrected chi connectivity index (χ3v) is 3.03. The number of methoxy groups -OCH3 is 1. The van der Waals surface area contributed by atoms with Gasteiger partial charge in [-0.3, -0.25) is 9.59 Å². The fourth-order valence-corrected chi connectivity index (χ4v) is 2.03. The van der Waals surface area contributed by atoms with Crippen LogP contribution in [0.4, 0.5) is 5.69 Å². The molecule has 0 aliphatic rings. The zero-order valence-corrected chi connectivity index (χ0v) is 11.6. The number of para-hydroxylation sites is 1. The molecule has 5 nitrogen and oxygen atoms in total. The summed E-state index contributed by atoms with van der Waals surface area (Å²) < 4.78 is 5.24. The van der Waals surface area contributed by atoms with Crippen LogP contribution in [0.2, 0.25) is 0 Å². The second-order valence-electron chi connectivity index (χ2n) is 4.43. The molecular formula is C16H16N2O3. The average Bonchev–Trinajstić information content (AvgIpc) is 2.49. The number of amides is 2. The number of ether oxygens (including phenoxy) is 1. The van der Waals surface area contributed by atoms with Gasteiger partial charge in [-0.15, -0.1) is 0 Å². The molecule has 0 aromatic heterocycles. The van der Waals surface area contributed by atoms with Crippen molar-refractivity contribution in [2.45, 2.75) is 6.10 Å². The first kappa shape index (κ1) is 14.7. The summed E-state index contributed by atoms with van der Waals surface area (Å²) in [4.78, 5) is 23.7. The highest BCUT2D eigenvalue weighted by Gasteiger charge is 2.21. The Morgan fingerprint density at radius 3 is 2.29 bits per heavy atom. The SMILES string of the molecule is CO[C@@H](C(=O)Nc1ccccc1C(N)=O)c1ccccc1. The first-order valence-corrected chi connectivity index (χ1v) is 6.41. The Balaban J connectivity index is 2.23. The summed E-state index contributed by atoms with van der Waals surface area (Å²) in [7, 11) is 1.46. The van der Waals surface area contributed by atoms with E-state index in [0.717, 1.165) is 5.56 Å². The van der Waals surface area contributed by atoms with Crippen molar-refractivity contribution in [2.75, 3.05) is 12.4 Å². The highest BCUT2D eigenvalue weighted by atomic mass is 16.5. The van der Waals surface area contributed by atoms with E-state index >= 15 is 0 Å². The van der Waals surface area contributed by atoms with Crippen molar-refractivity contribution >= 4 is 17.5 Å². The Hall–Kier alpha value is -2.66. The van der Waals surface area contributed by atoms with Crippen molar-refractivity contribution in [1.82, 2.24) is 0 Å². The van der Waals surface area contributed by atoms with Crippen LogP contribution in [-0.4, -0.2) is 18.9 Å². The van der Waals surface area contributed by atoms with E-state index in [9.17, 15) is 9.59 Å². The van der Waals surface area contributed by atoms with E-state index in [1.54, 1.807) is 36.4 Å². The zero-order chi connectivity index (χ0) is 15.2. The van der Waals surface area contributed by atoms with Crippen molar-refractivity contribution < 1.29 is 14.3 Å². The van der Waals surface area contributed by atoms with E-state index in [0.29, 0.717) is 5.69 Å². The Labute approximate surface area is 122 Å². The van der Waals surface area contributed by atoms with Gasteiger partial charge in [0.1, 0.15) is 0 Å². The van der Waals surface area contributed by atoms with Gasteiger partial charge in [0.15, 0.2) is 6.10 Å². The molecule has 2 aromatic carbocycles. The highest BCUT2D eigenvalue weighted by Crippen LogP contribution is 2.21. The van der Waals surface area contributed by atoms with Gasteiger partial charge in [-0.05, 0) is 17.7 Å². The highest BCUT2D eigenvalue weighted by molar-refractivity contribution is 6.04. The van der Waals surface area contributed by atoms with Crippen molar-refractivity contribution in [1.29, 1.82) is 0 Å². The maximum atomic E-state index is 12.3. The van der Waals surface area contributed by atoms with E-state index in [2.05, 4.69) is 5.32 Å².